The Morgan fingerprint density at radius 2 is 0.771 bits per heavy atom. The molecule has 0 heterocycles. The number of hydrogen-bond donors (Lipinski definition) is 8. The van der Waals surface area contributed by atoms with E-state index in [1.165, 1.54) is 0 Å². The van der Waals surface area contributed by atoms with Crippen molar-refractivity contribution < 1.29 is 60.0 Å². The molecule has 0 aliphatic heterocycles. The van der Waals surface area contributed by atoms with E-state index in [2.05, 4.69) is 0 Å². The van der Waals surface area contributed by atoms with Crippen LogP contribution in [0.3, 0.4) is 0 Å². The molecule has 0 aromatic rings. The Kier molecular flexibility index (Phi) is 11.2. The second kappa shape index (κ2) is 12.4. The second-order valence-corrected chi connectivity index (χ2v) is 8.35. The summed E-state index contributed by atoms with van der Waals surface area (Å²) in [5.41, 5.74) is -8.85. The van der Waals surface area contributed by atoms with Gasteiger partial charge in [-0.3, -0.25) is 0 Å². The predicted octanol–water partition coefficient (Wildman–Crippen LogP) is 0.0384. The summed E-state index contributed by atoms with van der Waals surface area (Å²) in [6, 6.07) is 0. The highest BCUT2D eigenvalue weighted by Gasteiger charge is 2.59. The van der Waals surface area contributed by atoms with Crippen LogP contribution >= 0.6 is 0 Å². The third-order valence-electron chi connectivity index (χ3n) is 6.05. The summed E-state index contributed by atoms with van der Waals surface area (Å²) >= 11 is 0. The van der Waals surface area contributed by atoms with Crippen molar-refractivity contribution in [1.29, 1.82) is 0 Å². The fourth-order valence-corrected chi connectivity index (χ4v) is 3.86. The first-order valence-electron chi connectivity index (χ1n) is 10.2. The number of carboxylic acids is 4. The molecule has 8 N–H and O–H groups in total. The number of carbonyl (C=O) groups is 4. The van der Waals surface area contributed by atoms with Crippen molar-refractivity contribution in [3.05, 3.63) is 46.6 Å². The lowest BCUT2D eigenvalue weighted by molar-refractivity contribution is -0.135. The summed E-state index contributed by atoms with van der Waals surface area (Å²) < 4.78 is 0. The van der Waals surface area contributed by atoms with E-state index in [0.717, 1.165) is 52.0 Å². The number of allylic oxidation sites excluding steroid dienone is 3. The van der Waals surface area contributed by atoms with E-state index in [1.54, 1.807) is 0 Å². The minimum atomic E-state index is -2.38. The van der Waals surface area contributed by atoms with Crippen molar-refractivity contribution in [1.82, 2.24) is 0 Å². The van der Waals surface area contributed by atoms with Gasteiger partial charge in [-0.15, -0.1) is 0 Å². The molecule has 0 saturated carbocycles. The van der Waals surface area contributed by atoms with Crippen molar-refractivity contribution >= 4 is 23.9 Å². The fraction of sp³-hybridized carbons (Fsp3) is 0.478. The molecule has 0 rings (SSSR count). The van der Waals surface area contributed by atoms with E-state index in [9.17, 15) is 60.0 Å². The van der Waals surface area contributed by atoms with Crippen LogP contribution in [0, 0.1) is 16.2 Å². The molecule has 0 saturated heterocycles. The van der Waals surface area contributed by atoms with Crippen LogP contribution in [0.25, 0.3) is 0 Å². The second-order valence-electron chi connectivity index (χ2n) is 8.35. The van der Waals surface area contributed by atoms with E-state index in [1.807, 2.05) is 0 Å². The minimum absolute atomic E-state index is 0.476. The molecule has 0 aromatic heterocycles. The van der Waals surface area contributed by atoms with E-state index in [4.69, 9.17) is 0 Å². The Labute approximate surface area is 201 Å². The van der Waals surface area contributed by atoms with Crippen LogP contribution in [0.1, 0.15) is 27.7 Å². The van der Waals surface area contributed by atoms with Gasteiger partial charge >= 0.3 is 23.9 Å². The lowest BCUT2D eigenvalue weighted by Gasteiger charge is -2.54. The molecule has 0 aliphatic carbocycles. The van der Waals surface area contributed by atoms with Gasteiger partial charge in [0.2, 0.25) is 0 Å². The molecular weight excluding hydrogens is 468 g/mol. The van der Waals surface area contributed by atoms with Crippen molar-refractivity contribution in [2.45, 2.75) is 27.7 Å². The summed E-state index contributed by atoms with van der Waals surface area (Å²) in [6.07, 6.45) is 3.49. The quantitative estimate of drug-likeness (QED) is 0.148. The topological polar surface area (TPSA) is 230 Å². The van der Waals surface area contributed by atoms with Crippen LogP contribution in [-0.4, -0.2) is 91.2 Å². The largest absolute Gasteiger partial charge is 0.478 e. The molecule has 0 radical (unpaired) electrons. The number of aliphatic hydroxyl groups is 4. The van der Waals surface area contributed by atoms with Gasteiger partial charge in [-0.2, -0.15) is 0 Å². The van der Waals surface area contributed by atoms with Gasteiger partial charge in [-0.05, 0) is 27.7 Å². The number of aliphatic hydroxyl groups excluding tert-OH is 4. The lowest BCUT2D eigenvalue weighted by atomic mass is 9.49. The Bertz CT molecular complexity index is 883. The molecule has 0 bridgehead atoms. The molecule has 12 heteroatoms. The van der Waals surface area contributed by atoms with Crippen LogP contribution in [-0.2, 0) is 19.2 Å². The smallest absolute Gasteiger partial charge is 0.330 e. The van der Waals surface area contributed by atoms with Crippen LogP contribution in [0.15, 0.2) is 46.6 Å². The number of aliphatic carboxylic acids is 4. The summed E-state index contributed by atoms with van der Waals surface area (Å²) in [6.45, 7) is -0.194. The molecular formula is C23H32O12. The molecule has 12 nitrogen and oxygen atoms in total. The van der Waals surface area contributed by atoms with Crippen molar-refractivity contribution in [3.8, 4) is 0 Å². The predicted molar refractivity (Wildman–Crippen MR) is 121 cm³/mol. The van der Waals surface area contributed by atoms with Gasteiger partial charge < -0.3 is 40.9 Å². The normalized spacial score (nSPS) is 17.4. The van der Waals surface area contributed by atoms with Gasteiger partial charge in [0.1, 0.15) is 0 Å². The van der Waals surface area contributed by atoms with Crippen molar-refractivity contribution in [2.75, 3.05) is 26.4 Å². The monoisotopic (exact) mass is 500 g/mol. The average molecular weight is 500 g/mol. The molecule has 0 aliphatic rings. The van der Waals surface area contributed by atoms with Gasteiger partial charge in [0.15, 0.2) is 0 Å². The molecule has 1 unspecified atom stereocenters. The van der Waals surface area contributed by atoms with Gasteiger partial charge in [0, 0.05) is 33.1 Å². The first-order chi connectivity index (χ1) is 16.1. The fourth-order valence-electron chi connectivity index (χ4n) is 3.86. The summed E-state index contributed by atoms with van der Waals surface area (Å²) in [5, 5.41) is 79.7. The standard InChI is InChI=1S/C23H32O12/c1-13(17(28)29)5-21(6-14(2)18(30)31,7-15(3)19(32)33)23(12-27,8-16(4)20(34)35)22(9-24,10-25)11-26/h5-8,24-27H,9-12H2,1-4H3,(H,28,29)(H,30,31)(H,32,33)(H,34,35). The van der Waals surface area contributed by atoms with E-state index < -0.39 is 88.8 Å². The first-order valence-corrected chi connectivity index (χ1v) is 10.2. The molecule has 1 atom stereocenters. The number of rotatable bonds is 14. The maximum atomic E-state index is 11.8. The highest BCUT2D eigenvalue weighted by Crippen LogP contribution is 2.57. The Hall–Kier alpha value is -3.32. The first kappa shape index (κ1) is 31.7. The molecule has 0 aromatic carbocycles. The van der Waals surface area contributed by atoms with Gasteiger partial charge in [0.25, 0.3) is 0 Å². The van der Waals surface area contributed by atoms with Crippen molar-refractivity contribution in [2.24, 2.45) is 16.2 Å². The Morgan fingerprint density at radius 3 is 0.971 bits per heavy atom. The Morgan fingerprint density at radius 1 is 0.514 bits per heavy atom. The molecule has 0 fully saturated rings. The zero-order chi connectivity index (χ0) is 27.8. The summed E-state index contributed by atoms with van der Waals surface area (Å²) in [5.74, 6) is -6.10. The maximum Gasteiger partial charge on any atom is 0.330 e. The van der Waals surface area contributed by atoms with E-state index in [-0.39, 0.29) is 0 Å². The third kappa shape index (κ3) is 6.42. The van der Waals surface area contributed by atoms with Crippen LogP contribution in [0.4, 0.5) is 0 Å². The van der Waals surface area contributed by atoms with Crippen molar-refractivity contribution in [3.63, 3.8) is 0 Å². The van der Waals surface area contributed by atoms with Gasteiger partial charge in [-0.25, -0.2) is 19.2 Å². The van der Waals surface area contributed by atoms with E-state index >= 15 is 0 Å². The molecule has 0 amide bonds. The van der Waals surface area contributed by atoms with Crippen LogP contribution < -0.4 is 0 Å². The lowest BCUT2D eigenvalue weighted by Crippen LogP contribution is -2.59. The van der Waals surface area contributed by atoms with Gasteiger partial charge in [0.05, 0.1) is 31.8 Å². The summed E-state index contributed by atoms with van der Waals surface area (Å²) in [7, 11) is 0. The highest BCUT2D eigenvalue weighted by atomic mass is 16.4. The maximum absolute atomic E-state index is 11.8. The summed E-state index contributed by atoms with van der Waals surface area (Å²) in [4.78, 5) is 47.0. The van der Waals surface area contributed by atoms with Crippen LogP contribution in [0.2, 0.25) is 0 Å². The molecule has 0 spiro atoms. The minimum Gasteiger partial charge on any atom is -0.478 e. The zero-order valence-electron chi connectivity index (χ0n) is 19.8. The van der Waals surface area contributed by atoms with Gasteiger partial charge in [-0.1, -0.05) is 24.3 Å². The number of carboxylic acid groups (broad SMARTS) is 4. The third-order valence-corrected chi connectivity index (χ3v) is 6.05. The Balaban J connectivity index is 8.66. The van der Waals surface area contributed by atoms with E-state index in [0.29, 0.717) is 0 Å². The average Bonchev–Trinajstić information content (AvgIpc) is 2.78. The molecule has 35 heavy (non-hydrogen) atoms. The highest BCUT2D eigenvalue weighted by molar-refractivity contribution is 5.89. The van der Waals surface area contributed by atoms with Crippen LogP contribution in [0.5, 0.6) is 0 Å². The zero-order valence-corrected chi connectivity index (χ0v) is 19.8. The SMILES string of the molecule is CC(=CC(C=C(C)C(=O)O)(C=C(C)C(=O)O)C(C=C(C)C(=O)O)(CO)C(CO)(CO)CO)C(=O)O. The molecule has 196 valence electrons. The number of hydrogen-bond acceptors (Lipinski definition) is 8.